The molecule has 0 bridgehead atoms. The van der Waals surface area contributed by atoms with Crippen LogP contribution in [0.5, 0.6) is 0 Å². The summed E-state index contributed by atoms with van der Waals surface area (Å²) in [5.74, 6) is -0.764. The minimum atomic E-state index is -1.35. The Bertz CT molecular complexity index is 627. The van der Waals surface area contributed by atoms with E-state index in [1.165, 1.54) is 63.5 Å². The Balaban J connectivity index is 1.37. The summed E-state index contributed by atoms with van der Waals surface area (Å²) in [7, 11) is 0. The molecular formula is C26H37F3. The van der Waals surface area contributed by atoms with Crippen LogP contribution in [0.25, 0.3) is 0 Å². The Morgan fingerprint density at radius 1 is 0.793 bits per heavy atom. The third-order valence-corrected chi connectivity index (χ3v) is 7.44. The Labute approximate surface area is 175 Å². The van der Waals surface area contributed by atoms with Gasteiger partial charge in [0.1, 0.15) is 0 Å². The lowest BCUT2D eigenvalue weighted by Gasteiger charge is -2.38. The van der Waals surface area contributed by atoms with Crippen LogP contribution in [0.1, 0.15) is 102 Å². The lowest BCUT2D eigenvalue weighted by atomic mass is 9.68. The molecule has 0 N–H and O–H groups in total. The summed E-state index contributed by atoms with van der Waals surface area (Å²) in [4.78, 5) is 0. The highest BCUT2D eigenvalue weighted by Crippen LogP contribution is 2.44. The van der Waals surface area contributed by atoms with Gasteiger partial charge in [0.15, 0.2) is 17.5 Å². The van der Waals surface area contributed by atoms with Gasteiger partial charge in [-0.05, 0) is 99.2 Å². The van der Waals surface area contributed by atoms with Crippen LogP contribution < -0.4 is 0 Å². The minimum Gasteiger partial charge on any atom is -0.204 e. The fraction of sp³-hybridized carbons (Fsp3) is 0.692. The van der Waals surface area contributed by atoms with Crippen LogP contribution in [0.15, 0.2) is 24.3 Å². The Morgan fingerprint density at radius 3 is 1.97 bits per heavy atom. The Kier molecular flexibility index (Phi) is 8.68. The summed E-state index contributed by atoms with van der Waals surface area (Å²) < 4.78 is 40.3. The van der Waals surface area contributed by atoms with E-state index in [0.717, 1.165) is 49.9 Å². The zero-order valence-corrected chi connectivity index (χ0v) is 17.9. The van der Waals surface area contributed by atoms with Crippen LogP contribution in [0, 0.1) is 35.2 Å². The molecule has 0 atom stereocenters. The monoisotopic (exact) mass is 406 g/mol. The molecule has 2 aliphatic rings. The second-order valence-electron chi connectivity index (χ2n) is 9.36. The molecule has 0 nitrogen and oxygen atoms in total. The van der Waals surface area contributed by atoms with Crippen molar-refractivity contribution in [3.05, 3.63) is 47.3 Å². The fourth-order valence-corrected chi connectivity index (χ4v) is 5.66. The maximum absolute atomic E-state index is 13.5. The second-order valence-corrected chi connectivity index (χ2v) is 9.36. The zero-order chi connectivity index (χ0) is 20.6. The summed E-state index contributed by atoms with van der Waals surface area (Å²) in [6, 6.07) is 2.40. The van der Waals surface area contributed by atoms with Crippen molar-refractivity contribution in [2.45, 2.75) is 96.3 Å². The van der Waals surface area contributed by atoms with Crippen molar-refractivity contribution >= 4 is 0 Å². The van der Waals surface area contributed by atoms with Crippen LogP contribution in [-0.2, 0) is 0 Å². The number of hydrogen-bond acceptors (Lipinski definition) is 0. The molecule has 1 aromatic carbocycles. The molecule has 0 saturated heterocycles. The van der Waals surface area contributed by atoms with Crippen molar-refractivity contribution in [1.29, 1.82) is 0 Å². The van der Waals surface area contributed by atoms with Crippen LogP contribution in [0.2, 0.25) is 0 Å². The number of halogens is 3. The quantitative estimate of drug-likeness (QED) is 0.230. The van der Waals surface area contributed by atoms with Crippen molar-refractivity contribution in [2.24, 2.45) is 17.8 Å². The zero-order valence-electron chi connectivity index (χ0n) is 17.9. The Hall–Kier alpha value is -1.25. The van der Waals surface area contributed by atoms with E-state index in [-0.39, 0.29) is 5.92 Å². The van der Waals surface area contributed by atoms with Gasteiger partial charge in [-0.25, -0.2) is 13.2 Å². The van der Waals surface area contributed by atoms with Gasteiger partial charge in [-0.2, -0.15) is 0 Å². The molecule has 3 rings (SSSR count). The first kappa shape index (κ1) is 22.4. The van der Waals surface area contributed by atoms with E-state index in [4.69, 9.17) is 0 Å². The van der Waals surface area contributed by atoms with E-state index in [1.807, 2.05) is 0 Å². The van der Waals surface area contributed by atoms with Gasteiger partial charge in [-0.3, -0.25) is 0 Å². The van der Waals surface area contributed by atoms with Crippen molar-refractivity contribution in [1.82, 2.24) is 0 Å². The van der Waals surface area contributed by atoms with Crippen LogP contribution in [0.4, 0.5) is 13.2 Å². The van der Waals surface area contributed by atoms with Gasteiger partial charge in [0, 0.05) is 0 Å². The molecule has 0 aliphatic heterocycles. The molecule has 0 unspecified atom stereocenters. The molecule has 0 heterocycles. The van der Waals surface area contributed by atoms with Crippen LogP contribution >= 0.6 is 0 Å². The maximum atomic E-state index is 13.5. The van der Waals surface area contributed by atoms with Crippen LogP contribution in [0.3, 0.4) is 0 Å². The average molecular weight is 407 g/mol. The van der Waals surface area contributed by atoms with Gasteiger partial charge < -0.3 is 0 Å². The molecular weight excluding hydrogens is 369 g/mol. The van der Waals surface area contributed by atoms with Gasteiger partial charge in [0.05, 0.1) is 0 Å². The van der Waals surface area contributed by atoms with E-state index in [0.29, 0.717) is 5.56 Å². The number of hydrogen-bond donors (Lipinski definition) is 0. The average Bonchev–Trinajstić information content (AvgIpc) is 2.75. The first-order chi connectivity index (χ1) is 14.1. The van der Waals surface area contributed by atoms with Gasteiger partial charge in [0.2, 0.25) is 0 Å². The third kappa shape index (κ3) is 6.36. The summed E-state index contributed by atoms with van der Waals surface area (Å²) in [6.07, 6.45) is 20.7. The van der Waals surface area contributed by atoms with Crippen LogP contribution in [-0.4, -0.2) is 0 Å². The molecule has 0 radical (unpaired) electrons. The van der Waals surface area contributed by atoms with Gasteiger partial charge >= 0.3 is 0 Å². The molecule has 2 aliphatic carbocycles. The molecule has 2 fully saturated rings. The first-order valence-corrected chi connectivity index (χ1v) is 11.9. The van der Waals surface area contributed by atoms with Gasteiger partial charge in [-0.15, -0.1) is 0 Å². The van der Waals surface area contributed by atoms with Crippen molar-refractivity contribution in [3.8, 4) is 0 Å². The molecule has 0 aromatic heterocycles. The highest BCUT2D eigenvalue weighted by Gasteiger charge is 2.31. The number of unbranched alkanes of at least 4 members (excludes halogenated alkanes) is 2. The van der Waals surface area contributed by atoms with E-state index < -0.39 is 17.5 Å². The highest BCUT2D eigenvalue weighted by molar-refractivity contribution is 5.23. The van der Waals surface area contributed by atoms with Crippen molar-refractivity contribution < 1.29 is 13.2 Å². The molecule has 1 aromatic rings. The molecule has 0 amide bonds. The van der Waals surface area contributed by atoms with E-state index >= 15 is 0 Å². The number of rotatable bonds is 8. The number of benzene rings is 1. The first-order valence-electron chi connectivity index (χ1n) is 11.9. The maximum Gasteiger partial charge on any atom is 0.194 e. The standard InChI is InChI=1S/C26H37F3/c1-2-3-4-5-6-7-8-19-9-11-20(12-10-19)21-13-15-22(16-14-21)23-17-24(27)26(29)25(28)18-23/h3-4,17-22H,2,5-16H2,1H3. The second kappa shape index (κ2) is 11.2. The topological polar surface area (TPSA) is 0 Å². The molecule has 3 heteroatoms. The molecule has 162 valence electrons. The smallest absolute Gasteiger partial charge is 0.194 e. The third-order valence-electron chi connectivity index (χ3n) is 7.44. The molecule has 2 saturated carbocycles. The Morgan fingerprint density at radius 2 is 1.38 bits per heavy atom. The molecule has 29 heavy (non-hydrogen) atoms. The number of allylic oxidation sites excluding steroid dienone is 2. The predicted molar refractivity (Wildman–Crippen MR) is 114 cm³/mol. The minimum absolute atomic E-state index is 0.175. The largest absolute Gasteiger partial charge is 0.204 e. The predicted octanol–water partition coefficient (Wildman–Crippen LogP) is 8.71. The summed E-state index contributed by atoms with van der Waals surface area (Å²) in [6.45, 7) is 2.18. The summed E-state index contributed by atoms with van der Waals surface area (Å²) >= 11 is 0. The lowest BCUT2D eigenvalue weighted by molar-refractivity contribution is 0.155. The van der Waals surface area contributed by atoms with Crippen molar-refractivity contribution in [2.75, 3.05) is 0 Å². The SMILES string of the molecule is CCC=CCCCCC1CCC(C2CCC(c3cc(F)c(F)c(F)c3)CC2)CC1. The highest BCUT2D eigenvalue weighted by atomic mass is 19.2. The van der Waals surface area contributed by atoms with Gasteiger partial charge in [0.25, 0.3) is 0 Å². The lowest BCUT2D eigenvalue weighted by Crippen LogP contribution is -2.25. The summed E-state index contributed by atoms with van der Waals surface area (Å²) in [5.41, 5.74) is 0.636. The molecule has 0 spiro atoms. The van der Waals surface area contributed by atoms with Crippen molar-refractivity contribution in [3.63, 3.8) is 0 Å². The van der Waals surface area contributed by atoms with Gasteiger partial charge in [-0.1, -0.05) is 44.8 Å². The van der Waals surface area contributed by atoms with E-state index in [9.17, 15) is 13.2 Å². The van der Waals surface area contributed by atoms with E-state index in [2.05, 4.69) is 19.1 Å². The fourth-order valence-electron chi connectivity index (χ4n) is 5.66. The normalized spacial score (nSPS) is 28.1. The summed E-state index contributed by atoms with van der Waals surface area (Å²) in [5, 5.41) is 0. The van der Waals surface area contributed by atoms with E-state index in [1.54, 1.807) is 0 Å².